The van der Waals surface area contributed by atoms with E-state index in [0.717, 1.165) is 0 Å². The van der Waals surface area contributed by atoms with Gasteiger partial charge in [-0.1, -0.05) is 0 Å². The summed E-state index contributed by atoms with van der Waals surface area (Å²) in [5, 5.41) is 0. The number of hydrogen-bond donors (Lipinski definition) is 0. The van der Waals surface area contributed by atoms with E-state index in [2.05, 4.69) is 28.4 Å². The van der Waals surface area contributed by atoms with Gasteiger partial charge in [0.1, 0.15) is 39.1 Å². The van der Waals surface area contributed by atoms with Gasteiger partial charge in [-0.25, -0.2) is 35.9 Å². The Morgan fingerprint density at radius 3 is 1.43 bits per heavy atom. The molecule has 0 spiro atoms. The first kappa shape index (κ1) is 51.1. The zero-order valence-electron chi connectivity index (χ0n) is 25.4. The molecule has 0 aliphatic rings. The quantitative estimate of drug-likeness (QED) is 0.0842. The molecule has 0 aliphatic carbocycles. The molecule has 0 aromatic rings. The van der Waals surface area contributed by atoms with Crippen LogP contribution in [0.5, 0.6) is 0 Å². The lowest BCUT2D eigenvalue weighted by Crippen LogP contribution is -2.54. The summed E-state index contributed by atoms with van der Waals surface area (Å²) in [5.74, 6) is -28.7. The van der Waals surface area contributed by atoms with Crippen LogP contribution in [0.15, 0.2) is 0 Å². The Labute approximate surface area is 281 Å². The Morgan fingerprint density at radius 2 is 1.00 bits per heavy atom. The van der Waals surface area contributed by atoms with Gasteiger partial charge in [0.05, 0.1) is 0 Å². The first-order valence-electron chi connectivity index (χ1n) is 12.9. The Hall–Kier alpha value is -2.90. The molecule has 322 valence electrons. The molecule has 0 aliphatic heterocycles. The Bertz CT molecular complexity index is 1240. The van der Waals surface area contributed by atoms with Gasteiger partial charge in [0.15, 0.2) is 6.61 Å². The summed E-state index contributed by atoms with van der Waals surface area (Å²) in [6.45, 7) is -11.7. The van der Waals surface area contributed by atoms with E-state index in [1.807, 2.05) is 0 Å². The number of hydrogen-bond acceptors (Lipinski definition) is 8. The van der Waals surface area contributed by atoms with Crippen molar-refractivity contribution in [2.75, 3.05) is 26.4 Å². The molecule has 2 atom stereocenters. The van der Waals surface area contributed by atoms with Crippen LogP contribution >= 0.6 is 0 Å². The molecule has 0 rings (SSSR count). The fraction of sp³-hybridized carbons (Fsp3) is 0.909. The molecule has 0 saturated carbocycles. The van der Waals surface area contributed by atoms with Gasteiger partial charge in [-0.3, -0.25) is 9.47 Å². The maximum absolute atomic E-state index is 14.0. The van der Waals surface area contributed by atoms with Gasteiger partial charge in [-0.05, 0) is 0 Å². The fourth-order valence-corrected chi connectivity index (χ4v) is 2.98. The van der Waals surface area contributed by atoms with E-state index >= 15 is 0 Å². The first-order chi connectivity index (χ1) is 23.3. The lowest BCUT2D eigenvalue weighted by molar-refractivity contribution is -0.397. The number of alkyl halides is 24. The molecule has 0 bridgehead atoms. The molecule has 0 aromatic carbocycles. The number of ether oxygens (including phenoxy) is 6. The summed E-state index contributed by atoms with van der Waals surface area (Å²) in [6, 6.07) is 0. The normalized spacial score (nSPS) is 16.5. The summed E-state index contributed by atoms with van der Waals surface area (Å²) in [7, 11) is 0. The number of halogens is 24. The SMILES string of the molecule is CC(F)(F)COC(F)(C(=O)OC(F)(F)CC(F)(F)COCC(F)(F)OC(F)(F)CC(F)(F)COC(=O)C(OC(F)(F)CC(F)(F)F)C(F)(F)F)C(F)(F)F. The third-order valence-corrected chi connectivity index (χ3v) is 4.84. The standard InChI is InChI=1S/C22H18F24O8/c1-12(23,24)5-51-20(40,22(44,45)46)11(48)53-16(32,33)2-13(25,26)6-49-8-19(38,39)54-18(36,37)3-14(27,28)7-50-10(47)9(21(41,42)43)52-17(34,35)4-15(29,30)31/h9H,2-8H2,1H3. The second kappa shape index (κ2) is 16.7. The fourth-order valence-electron chi connectivity index (χ4n) is 2.98. The lowest BCUT2D eigenvalue weighted by Gasteiger charge is -2.30. The highest BCUT2D eigenvalue weighted by Gasteiger charge is 2.68. The van der Waals surface area contributed by atoms with Crippen molar-refractivity contribution in [3.63, 3.8) is 0 Å². The maximum atomic E-state index is 14.0. The van der Waals surface area contributed by atoms with Crippen LogP contribution in [0.3, 0.4) is 0 Å². The van der Waals surface area contributed by atoms with Crippen LogP contribution in [-0.4, -0.2) is 111 Å². The minimum absolute atomic E-state index is 0.224. The first-order valence-corrected chi connectivity index (χ1v) is 12.9. The van der Waals surface area contributed by atoms with Crippen LogP contribution in [0, 0.1) is 0 Å². The van der Waals surface area contributed by atoms with E-state index in [1.165, 1.54) is 0 Å². The van der Waals surface area contributed by atoms with Crippen molar-refractivity contribution in [2.45, 2.75) is 98.9 Å². The molecule has 0 amide bonds. The predicted octanol–water partition coefficient (Wildman–Crippen LogP) is 8.33. The van der Waals surface area contributed by atoms with Crippen molar-refractivity contribution in [3.8, 4) is 0 Å². The van der Waals surface area contributed by atoms with E-state index in [1.54, 1.807) is 0 Å². The van der Waals surface area contributed by atoms with Gasteiger partial charge in [0, 0.05) is 6.92 Å². The van der Waals surface area contributed by atoms with Crippen LogP contribution in [0.2, 0.25) is 0 Å². The van der Waals surface area contributed by atoms with Gasteiger partial charge in [0.2, 0.25) is 0 Å². The van der Waals surface area contributed by atoms with Crippen LogP contribution in [0.25, 0.3) is 0 Å². The number of esters is 2. The van der Waals surface area contributed by atoms with Gasteiger partial charge in [0.25, 0.3) is 23.9 Å². The molecule has 32 heteroatoms. The molecule has 2 unspecified atom stereocenters. The highest BCUT2D eigenvalue weighted by atomic mass is 19.4. The van der Waals surface area contributed by atoms with Gasteiger partial charge in [-0.15, -0.1) is 0 Å². The predicted molar refractivity (Wildman–Crippen MR) is 116 cm³/mol. The van der Waals surface area contributed by atoms with E-state index in [-0.39, 0.29) is 6.92 Å². The minimum Gasteiger partial charge on any atom is -0.457 e. The van der Waals surface area contributed by atoms with Crippen LogP contribution < -0.4 is 0 Å². The molecule has 0 aromatic heterocycles. The second-order valence-electron chi connectivity index (χ2n) is 10.5. The number of carbonyl (C=O) groups excluding carboxylic acids is 2. The summed E-state index contributed by atoms with van der Waals surface area (Å²) in [4.78, 5) is 22.7. The minimum atomic E-state index is -6.77. The third kappa shape index (κ3) is 19.1. The zero-order valence-corrected chi connectivity index (χ0v) is 25.4. The van der Waals surface area contributed by atoms with E-state index < -0.39 is 130 Å². The monoisotopic (exact) mass is 866 g/mol. The maximum Gasteiger partial charge on any atom is 0.460 e. The summed E-state index contributed by atoms with van der Waals surface area (Å²) in [6.07, 6.45) is -57.8. The number of carbonyl (C=O) groups is 2. The van der Waals surface area contributed by atoms with Gasteiger partial charge >= 0.3 is 60.8 Å². The molecule has 0 fully saturated rings. The van der Waals surface area contributed by atoms with E-state index in [4.69, 9.17) is 0 Å². The largest absolute Gasteiger partial charge is 0.460 e. The zero-order chi connectivity index (χ0) is 43.4. The molecule has 0 saturated heterocycles. The highest BCUT2D eigenvalue weighted by Crippen LogP contribution is 2.42. The molecule has 0 radical (unpaired) electrons. The van der Waals surface area contributed by atoms with Crippen molar-refractivity contribution in [1.82, 2.24) is 0 Å². The Kier molecular flexibility index (Phi) is 15.8. The Morgan fingerprint density at radius 1 is 0.537 bits per heavy atom. The molecular formula is C22H18F24O8. The number of rotatable bonds is 21. The summed E-state index contributed by atoms with van der Waals surface area (Å²) in [5.41, 5.74) is 0. The smallest absolute Gasteiger partial charge is 0.457 e. The van der Waals surface area contributed by atoms with Crippen molar-refractivity contribution < 1.29 is 143 Å². The topological polar surface area (TPSA) is 89.5 Å². The van der Waals surface area contributed by atoms with Crippen molar-refractivity contribution in [3.05, 3.63) is 0 Å². The van der Waals surface area contributed by atoms with Crippen molar-refractivity contribution >= 4 is 11.9 Å². The van der Waals surface area contributed by atoms with Crippen LogP contribution in [0.4, 0.5) is 105 Å². The summed E-state index contributed by atoms with van der Waals surface area (Å²) < 4.78 is 334. The molecular weight excluding hydrogens is 848 g/mol. The molecule has 0 N–H and O–H groups in total. The van der Waals surface area contributed by atoms with Crippen LogP contribution in [0.1, 0.15) is 26.2 Å². The average molecular weight is 866 g/mol. The van der Waals surface area contributed by atoms with E-state index in [0.29, 0.717) is 0 Å². The lowest BCUT2D eigenvalue weighted by atomic mass is 10.2. The molecule has 0 heterocycles. The highest BCUT2D eigenvalue weighted by molar-refractivity contribution is 5.79. The molecule has 54 heavy (non-hydrogen) atoms. The van der Waals surface area contributed by atoms with Crippen molar-refractivity contribution in [1.29, 1.82) is 0 Å². The van der Waals surface area contributed by atoms with E-state index in [9.17, 15) is 115 Å². The Balaban J connectivity index is 5.43. The third-order valence-electron chi connectivity index (χ3n) is 4.84. The van der Waals surface area contributed by atoms with Crippen LogP contribution in [-0.2, 0) is 38.0 Å². The van der Waals surface area contributed by atoms with Gasteiger partial charge < -0.3 is 18.9 Å². The average Bonchev–Trinajstić information content (AvgIpc) is 2.83. The molecule has 8 nitrogen and oxygen atoms in total. The van der Waals surface area contributed by atoms with Crippen molar-refractivity contribution in [2.24, 2.45) is 0 Å². The summed E-state index contributed by atoms with van der Waals surface area (Å²) >= 11 is 0. The van der Waals surface area contributed by atoms with Gasteiger partial charge in [-0.2, -0.15) is 79.0 Å². The second-order valence-corrected chi connectivity index (χ2v) is 10.5.